The van der Waals surface area contributed by atoms with Gasteiger partial charge < -0.3 is 18.0 Å². The van der Waals surface area contributed by atoms with Gasteiger partial charge in [0.1, 0.15) is 22.3 Å². The van der Waals surface area contributed by atoms with Gasteiger partial charge in [-0.05, 0) is 96.1 Å². The van der Waals surface area contributed by atoms with Crippen molar-refractivity contribution in [2.24, 2.45) is 0 Å². The van der Waals surface area contributed by atoms with Gasteiger partial charge in [0.25, 0.3) is 0 Å². The number of nitrogens with zero attached hydrogens (tertiary/aromatic N) is 2. The molecule has 4 nitrogen and oxygen atoms in total. The lowest BCUT2D eigenvalue weighted by Gasteiger charge is -2.08. The lowest BCUT2D eigenvalue weighted by Crippen LogP contribution is -1.93. The summed E-state index contributed by atoms with van der Waals surface area (Å²) in [4.78, 5) is 0. The van der Waals surface area contributed by atoms with E-state index in [0.717, 1.165) is 66.4 Å². The summed E-state index contributed by atoms with van der Waals surface area (Å²) in [5, 5.41) is 9.40. The Morgan fingerprint density at radius 2 is 0.577 bits per heavy atom. The number of hydrogen-bond donors (Lipinski definition) is 0. The Labute approximate surface area is 296 Å². The highest BCUT2D eigenvalue weighted by Crippen LogP contribution is 2.40. The number of furan rings is 2. The van der Waals surface area contributed by atoms with E-state index in [9.17, 15) is 0 Å². The predicted octanol–water partition coefficient (Wildman–Crippen LogP) is 13.3. The molecule has 0 aliphatic heterocycles. The molecule has 0 saturated heterocycles. The molecule has 12 aromatic rings. The Balaban J connectivity index is 1.02. The molecule has 0 bridgehead atoms. The van der Waals surface area contributed by atoms with E-state index in [0.29, 0.717) is 0 Å². The Hall–Kier alpha value is -7.04. The van der Waals surface area contributed by atoms with E-state index in [-0.39, 0.29) is 0 Å². The zero-order valence-corrected chi connectivity index (χ0v) is 27.9. The smallest absolute Gasteiger partial charge is 0.135 e. The van der Waals surface area contributed by atoms with Crippen LogP contribution in [0.5, 0.6) is 0 Å². The number of para-hydroxylation sites is 4. The first kappa shape index (κ1) is 27.7. The van der Waals surface area contributed by atoms with Crippen LogP contribution in [0.2, 0.25) is 0 Å². The molecule has 8 aromatic carbocycles. The molecule has 242 valence electrons. The summed E-state index contributed by atoms with van der Waals surface area (Å²) in [5.74, 6) is 0. The number of hydrogen-bond acceptors (Lipinski definition) is 2. The van der Waals surface area contributed by atoms with E-state index in [1.807, 2.05) is 0 Å². The van der Waals surface area contributed by atoms with Gasteiger partial charge in [0, 0.05) is 54.5 Å². The molecular weight excluding hydrogens is 637 g/mol. The number of rotatable bonds is 3. The Bertz CT molecular complexity index is 3090. The first-order chi connectivity index (χ1) is 25.8. The third kappa shape index (κ3) is 3.81. The van der Waals surface area contributed by atoms with Crippen LogP contribution < -0.4 is 0 Å². The van der Waals surface area contributed by atoms with Gasteiger partial charge in [0.15, 0.2) is 0 Å². The van der Waals surface area contributed by atoms with Crippen molar-refractivity contribution < 1.29 is 8.83 Å². The monoisotopic (exact) mass is 664 g/mol. The second-order valence-electron chi connectivity index (χ2n) is 13.7. The van der Waals surface area contributed by atoms with E-state index in [1.165, 1.54) is 43.6 Å². The van der Waals surface area contributed by atoms with Crippen LogP contribution in [-0.4, -0.2) is 9.13 Å². The van der Waals surface area contributed by atoms with Crippen molar-refractivity contribution in [2.45, 2.75) is 0 Å². The number of aromatic nitrogens is 2. The van der Waals surface area contributed by atoms with Crippen LogP contribution in [0.15, 0.2) is 179 Å². The van der Waals surface area contributed by atoms with E-state index in [4.69, 9.17) is 8.83 Å². The molecule has 52 heavy (non-hydrogen) atoms. The fourth-order valence-electron chi connectivity index (χ4n) is 8.57. The summed E-state index contributed by atoms with van der Waals surface area (Å²) in [6, 6.07) is 60.7. The van der Waals surface area contributed by atoms with Crippen LogP contribution in [0, 0.1) is 0 Å². The maximum absolute atomic E-state index is 6.39. The lowest BCUT2D eigenvalue weighted by molar-refractivity contribution is 0.668. The number of fused-ring (bicyclic) bond motifs is 12. The lowest BCUT2D eigenvalue weighted by atomic mass is 10.0. The van der Waals surface area contributed by atoms with Gasteiger partial charge in [0.2, 0.25) is 0 Å². The molecule has 0 spiro atoms. The highest BCUT2D eigenvalue weighted by molar-refractivity contribution is 6.13. The molecule has 0 amide bonds. The summed E-state index contributed by atoms with van der Waals surface area (Å²) in [7, 11) is 0. The van der Waals surface area contributed by atoms with Crippen LogP contribution in [-0.2, 0) is 0 Å². The van der Waals surface area contributed by atoms with Crippen LogP contribution in [0.25, 0.3) is 110 Å². The largest absolute Gasteiger partial charge is 0.456 e. The minimum absolute atomic E-state index is 0.878. The second kappa shape index (κ2) is 10.3. The SMILES string of the molecule is c1ccc2c(c1)c1ccccc1n2-c1ccc2oc3ccc(-c4ccc5oc6ccc(-n7c8ccccc8c8ccccc87)cc6c5c4)cc3c2c1. The first-order valence-electron chi connectivity index (χ1n) is 17.7. The average Bonchev–Trinajstić information content (AvgIpc) is 3.94. The van der Waals surface area contributed by atoms with Crippen LogP contribution >= 0.6 is 0 Å². The molecule has 0 unspecified atom stereocenters. The highest BCUT2D eigenvalue weighted by atomic mass is 16.3. The third-order valence-corrected chi connectivity index (χ3v) is 10.9. The van der Waals surface area contributed by atoms with Gasteiger partial charge in [-0.25, -0.2) is 0 Å². The summed E-state index contributed by atoms with van der Waals surface area (Å²) in [6.07, 6.45) is 0. The van der Waals surface area contributed by atoms with Crippen molar-refractivity contribution in [3.63, 3.8) is 0 Å². The molecule has 0 fully saturated rings. The minimum Gasteiger partial charge on any atom is -0.456 e. The standard InChI is InChI=1S/C48H28N2O2/c1-5-13-41-33(9-1)34-10-2-6-14-42(34)49(41)31-19-23-47-39(27-31)37-25-29(17-21-45(37)51-47)30-18-22-46-38(26-30)40-28-32(20-24-48(40)52-46)50-43-15-7-3-11-35(43)36-12-4-8-16-44(36)50/h1-28H. The molecule has 12 rings (SSSR count). The summed E-state index contributed by atoms with van der Waals surface area (Å²) < 4.78 is 17.5. The van der Waals surface area contributed by atoms with E-state index in [1.54, 1.807) is 0 Å². The van der Waals surface area contributed by atoms with Crippen LogP contribution in [0.4, 0.5) is 0 Å². The van der Waals surface area contributed by atoms with Gasteiger partial charge in [-0.2, -0.15) is 0 Å². The quantitative estimate of drug-likeness (QED) is 0.188. The second-order valence-corrected chi connectivity index (χ2v) is 13.7. The molecule has 0 saturated carbocycles. The normalized spacial score (nSPS) is 12.2. The number of benzene rings is 8. The van der Waals surface area contributed by atoms with Crippen molar-refractivity contribution in [3.8, 4) is 22.5 Å². The zero-order valence-electron chi connectivity index (χ0n) is 27.9. The van der Waals surface area contributed by atoms with Crippen LogP contribution in [0.1, 0.15) is 0 Å². The van der Waals surface area contributed by atoms with Crippen molar-refractivity contribution in [1.82, 2.24) is 9.13 Å². The maximum atomic E-state index is 6.39. The van der Waals surface area contributed by atoms with Crippen molar-refractivity contribution in [3.05, 3.63) is 170 Å². The van der Waals surface area contributed by atoms with Crippen molar-refractivity contribution >= 4 is 87.5 Å². The van der Waals surface area contributed by atoms with Crippen LogP contribution in [0.3, 0.4) is 0 Å². The molecule has 4 heteroatoms. The topological polar surface area (TPSA) is 36.1 Å². The highest BCUT2D eigenvalue weighted by Gasteiger charge is 2.17. The molecular formula is C48H28N2O2. The molecule has 0 atom stereocenters. The average molecular weight is 665 g/mol. The first-order valence-corrected chi connectivity index (χ1v) is 17.7. The van der Waals surface area contributed by atoms with Gasteiger partial charge in [-0.15, -0.1) is 0 Å². The Kier molecular flexibility index (Phi) is 5.47. The zero-order chi connectivity index (χ0) is 33.9. The summed E-state index contributed by atoms with van der Waals surface area (Å²) >= 11 is 0. The van der Waals surface area contributed by atoms with Crippen molar-refractivity contribution in [1.29, 1.82) is 0 Å². The van der Waals surface area contributed by atoms with Gasteiger partial charge in [-0.1, -0.05) is 84.9 Å². The predicted molar refractivity (Wildman–Crippen MR) is 215 cm³/mol. The Morgan fingerprint density at radius 3 is 0.942 bits per heavy atom. The summed E-state index contributed by atoms with van der Waals surface area (Å²) in [5.41, 5.74) is 12.8. The van der Waals surface area contributed by atoms with E-state index < -0.39 is 0 Å². The molecule has 0 N–H and O–H groups in total. The van der Waals surface area contributed by atoms with Gasteiger partial charge in [0.05, 0.1) is 22.1 Å². The molecule has 0 aliphatic carbocycles. The molecule has 0 radical (unpaired) electrons. The molecule has 4 aromatic heterocycles. The van der Waals surface area contributed by atoms with Gasteiger partial charge >= 0.3 is 0 Å². The molecule has 0 aliphatic rings. The fraction of sp³-hybridized carbons (Fsp3) is 0. The van der Waals surface area contributed by atoms with E-state index >= 15 is 0 Å². The third-order valence-electron chi connectivity index (χ3n) is 10.9. The summed E-state index contributed by atoms with van der Waals surface area (Å²) in [6.45, 7) is 0. The fourth-order valence-corrected chi connectivity index (χ4v) is 8.57. The minimum atomic E-state index is 0.878. The maximum Gasteiger partial charge on any atom is 0.135 e. The van der Waals surface area contributed by atoms with Crippen molar-refractivity contribution in [2.75, 3.05) is 0 Å². The van der Waals surface area contributed by atoms with Gasteiger partial charge in [-0.3, -0.25) is 0 Å². The molecule has 4 heterocycles. The van der Waals surface area contributed by atoms with E-state index in [2.05, 4.69) is 179 Å². The Morgan fingerprint density at radius 1 is 0.269 bits per heavy atom.